The van der Waals surface area contributed by atoms with Gasteiger partial charge in [0.25, 0.3) is 0 Å². The van der Waals surface area contributed by atoms with Crippen molar-refractivity contribution in [2.24, 2.45) is 10.9 Å². The SMILES string of the molecule is COCCOC(=O)C1=C(C)N=C2SC(C)C(=O)N2C1c1ccc(OCC(C)C)cc1. The molecule has 0 aromatic heterocycles. The molecular formula is C22H28N2O5S. The number of thioether (sulfide) groups is 1. The first kappa shape index (κ1) is 22.4. The Labute approximate surface area is 181 Å². The predicted molar refractivity (Wildman–Crippen MR) is 116 cm³/mol. The van der Waals surface area contributed by atoms with Crippen LogP contribution in [0.1, 0.15) is 39.3 Å². The summed E-state index contributed by atoms with van der Waals surface area (Å²) in [6.45, 7) is 8.85. The van der Waals surface area contributed by atoms with E-state index in [4.69, 9.17) is 14.2 Å². The van der Waals surface area contributed by atoms with Gasteiger partial charge < -0.3 is 14.2 Å². The highest BCUT2D eigenvalue weighted by molar-refractivity contribution is 8.15. The maximum atomic E-state index is 12.9. The van der Waals surface area contributed by atoms with E-state index in [0.717, 1.165) is 11.3 Å². The first-order valence-electron chi connectivity index (χ1n) is 10.0. The summed E-state index contributed by atoms with van der Waals surface area (Å²) in [5.74, 6) is 0.604. The van der Waals surface area contributed by atoms with Crippen molar-refractivity contribution in [3.63, 3.8) is 0 Å². The summed E-state index contributed by atoms with van der Waals surface area (Å²) >= 11 is 1.40. The van der Waals surface area contributed by atoms with Crippen LogP contribution >= 0.6 is 11.8 Å². The van der Waals surface area contributed by atoms with Crippen LogP contribution in [0.15, 0.2) is 40.5 Å². The summed E-state index contributed by atoms with van der Waals surface area (Å²) in [4.78, 5) is 32.0. The standard InChI is InChI=1S/C22H28N2O5S/c1-13(2)12-29-17-8-6-16(7-9-17)19-18(21(26)28-11-10-27-5)14(3)23-22-24(19)20(25)15(4)30-22/h6-9,13,15,19H,10-12H2,1-5H3. The Hall–Kier alpha value is -2.32. The van der Waals surface area contributed by atoms with Crippen molar-refractivity contribution >= 4 is 28.8 Å². The fraction of sp³-hybridized carbons (Fsp3) is 0.500. The molecule has 1 amide bonds. The fourth-order valence-electron chi connectivity index (χ4n) is 3.28. The lowest BCUT2D eigenvalue weighted by atomic mass is 9.94. The predicted octanol–water partition coefficient (Wildman–Crippen LogP) is 3.56. The Balaban J connectivity index is 1.95. The molecule has 162 valence electrons. The Kier molecular flexibility index (Phi) is 7.20. The van der Waals surface area contributed by atoms with E-state index in [1.807, 2.05) is 31.2 Å². The van der Waals surface area contributed by atoms with Crippen LogP contribution in [0.3, 0.4) is 0 Å². The number of hydrogen-bond acceptors (Lipinski definition) is 7. The third-order valence-corrected chi connectivity index (χ3v) is 5.83. The molecule has 1 aromatic carbocycles. The summed E-state index contributed by atoms with van der Waals surface area (Å²) in [7, 11) is 1.54. The van der Waals surface area contributed by atoms with Gasteiger partial charge in [0.1, 0.15) is 12.4 Å². The van der Waals surface area contributed by atoms with Crippen LogP contribution < -0.4 is 4.74 Å². The van der Waals surface area contributed by atoms with Gasteiger partial charge in [-0.05, 0) is 37.5 Å². The molecule has 8 heteroatoms. The smallest absolute Gasteiger partial charge is 0.338 e. The molecule has 1 fully saturated rings. The largest absolute Gasteiger partial charge is 0.493 e. The Morgan fingerprint density at radius 1 is 1.23 bits per heavy atom. The Bertz CT molecular complexity index is 863. The van der Waals surface area contributed by atoms with Crippen LogP contribution in [0.5, 0.6) is 5.75 Å². The Morgan fingerprint density at radius 3 is 2.57 bits per heavy atom. The third-order valence-electron chi connectivity index (χ3n) is 4.78. The number of amides is 1. The average molecular weight is 433 g/mol. The number of carbonyl (C=O) groups is 2. The van der Waals surface area contributed by atoms with E-state index in [0.29, 0.717) is 35.6 Å². The summed E-state index contributed by atoms with van der Waals surface area (Å²) in [5.41, 5.74) is 1.73. The topological polar surface area (TPSA) is 77.4 Å². The summed E-state index contributed by atoms with van der Waals surface area (Å²) in [6, 6.07) is 6.92. The molecular weight excluding hydrogens is 404 g/mol. The number of allylic oxidation sites excluding steroid dienone is 1. The quantitative estimate of drug-likeness (QED) is 0.462. The number of esters is 1. The van der Waals surface area contributed by atoms with Crippen LogP contribution in [0, 0.1) is 5.92 Å². The van der Waals surface area contributed by atoms with Gasteiger partial charge in [0.15, 0.2) is 5.17 Å². The maximum Gasteiger partial charge on any atom is 0.338 e. The molecule has 0 N–H and O–H groups in total. The van der Waals surface area contributed by atoms with Gasteiger partial charge >= 0.3 is 5.97 Å². The number of benzene rings is 1. The van der Waals surface area contributed by atoms with Crippen molar-refractivity contribution in [3.8, 4) is 5.75 Å². The number of fused-ring (bicyclic) bond motifs is 1. The molecule has 1 aromatic rings. The van der Waals surface area contributed by atoms with Crippen LogP contribution in [-0.2, 0) is 19.1 Å². The van der Waals surface area contributed by atoms with E-state index in [2.05, 4.69) is 18.8 Å². The first-order valence-corrected chi connectivity index (χ1v) is 10.9. The monoisotopic (exact) mass is 432 g/mol. The molecule has 0 spiro atoms. The molecule has 2 heterocycles. The second-order valence-corrected chi connectivity index (χ2v) is 8.97. The molecule has 2 aliphatic rings. The van der Waals surface area contributed by atoms with E-state index >= 15 is 0 Å². The lowest BCUT2D eigenvalue weighted by Gasteiger charge is -2.33. The maximum absolute atomic E-state index is 12.9. The second-order valence-electron chi connectivity index (χ2n) is 7.67. The summed E-state index contributed by atoms with van der Waals surface area (Å²) in [6.07, 6.45) is 0. The molecule has 0 saturated carbocycles. The summed E-state index contributed by atoms with van der Waals surface area (Å²) < 4.78 is 16.1. The molecule has 7 nitrogen and oxygen atoms in total. The molecule has 1 saturated heterocycles. The van der Waals surface area contributed by atoms with Crippen molar-refractivity contribution < 1.29 is 23.8 Å². The van der Waals surface area contributed by atoms with Crippen molar-refractivity contribution in [1.82, 2.24) is 4.90 Å². The molecule has 0 aliphatic carbocycles. The van der Waals surface area contributed by atoms with E-state index in [9.17, 15) is 9.59 Å². The highest BCUT2D eigenvalue weighted by atomic mass is 32.2. The van der Waals surface area contributed by atoms with Gasteiger partial charge in [0.05, 0.1) is 35.8 Å². The van der Waals surface area contributed by atoms with E-state index < -0.39 is 12.0 Å². The van der Waals surface area contributed by atoms with Gasteiger partial charge in [0, 0.05) is 7.11 Å². The first-order chi connectivity index (χ1) is 14.3. The van der Waals surface area contributed by atoms with Crippen molar-refractivity contribution in [1.29, 1.82) is 0 Å². The minimum absolute atomic E-state index is 0.0708. The van der Waals surface area contributed by atoms with Crippen molar-refractivity contribution in [2.45, 2.75) is 39.0 Å². The van der Waals surface area contributed by atoms with E-state index in [1.165, 1.54) is 11.8 Å². The van der Waals surface area contributed by atoms with Crippen molar-refractivity contribution in [3.05, 3.63) is 41.1 Å². The van der Waals surface area contributed by atoms with Gasteiger partial charge in [-0.1, -0.05) is 37.7 Å². The molecule has 2 atom stereocenters. The van der Waals surface area contributed by atoms with Gasteiger partial charge in [0.2, 0.25) is 5.91 Å². The fourth-order valence-corrected chi connectivity index (χ4v) is 4.31. The number of methoxy groups -OCH3 is 1. The van der Waals surface area contributed by atoms with Crippen LogP contribution in [0.25, 0.3) is 0 Å². The number of aliphatic imine (C=N–C) groups is 1. The van der Waals surface area contributed by atoms with Gasteiger partial charge in [-0.3, -0.25) is 9.69 Å². The highest BCUT2D eigenvalue weighted by Gasteiger charge is 2.46. The minimum Gasteiger partial charge on any atom is -0.493 e. The lowest BCUT2D eigenvalue weighted by Crippen LogP contribution is -2.40. The lowest BCUT2D eigenvalue weighted by molar-refractivity contribution is -0.141. The minimum atomic E-state index is -0.586. The van der Waals surface area contributed by atoms with Crippen LogP contribution in [0.2, 0.25) is 0 Å². The second kappa shape index (κ2) is 9.66. The molecule has 0 radical (unpaired) electrons. The molecule has 0 bridgehead atoms. The van der Waals surface area contributed by atoms with E-state index in [1.54, 1.807) is 18.9 Å². The zero-order valence-corrected chi connectivity index (χ0v) is 18.8. The van der Waals surface area contributed by atoms with Crippen molar-refractivity contribution in [2.75, 3.05) is 26.9 Å². The van der Waals surface area contributed by atoms with Gasteiger partial charge in [-0.15, -0.1) is 0 Å². The van der Waals surface area contributed by atoms with Crippen LogP contribution in [0.4, 0.5) is 0 Å². The normalized spacial score (nSPS) is 21.1. The van der Waals surface area contributed by atoms with Gasteiger partial charge in [-0.2, -0.15) is 0 Å². The number of ether oxygens (including phenoxy) is 3. The zero-order valence-electron chi connectivity index (χ0n) is 18.0. The van der Waals surface area contributed by atoms with Crippen LogP contribution in [-0.4, -0.2) is 54.1 Å². The number of rotatable bonds is 8. The zero-order chi connectivity index (χ0) is 21.8. The average Bonchev–Trinajstić information content (AvgIpc) is 2.99. The van der Waals surface area contributed by atoms with Gasteiger partial charge in [-0.25, -0.2) is 9.79 Å². The summed E-state index contributed by atoms with van der Waals surface area (Å²) in [5, 5.41) is 0.361. The third kappa shape index (κ3) is 4.70. The highest BCUT2D eigenvalue weighted by Crippen LogP contribution is 2.43. The molecule has 2 unspecified atom stereocenters. The number of hydrogen-bond donors (Lipinski definition) is 0. The number of nitrogens with zero attached hydrogens (tertiary/aromatic N) is 2. The molecule has 30 heavy (non-hydrogen) atoms. The molecule has 3 rings (SSSR count). The number of amidine groups is 1. The molecule has 2 aliphatic heterocycles. The Morgan fingerprint density at radius 2 is 1.93 bits per heavy atom. The van der Waals surface area contributed by atoms with E-state index in [-0.39, 0.29) is 17.8 Å². The number of carbonyl (C=O) groups excluding carboxylic acids is 2.